The van der Waals surface area contributed by atoms with Crippen LogP contribution in [0.2, 0.25) is 0 Å². The molecule has 78 valence electrons. The van der Waals surface area contributed by atoms with Crippen molar-refractivity contribution in [2.75, 3.05) is 0 Å². The van der Waals surface area contributed by atoms with Gasteiger partial charge in [-0.25, -0.2) is 0 Å². The summed E-state index contributed by atoms with van der Waals surface area (Å²) in [7, 11) is 0. The summed E-state index contributed by atoms with van der Waals surface area (Å²) in [6, 6.07) is 0. The van der Waals surface area contributed by atoms with Crippen molar-refractivity contribution in [3.05, 3.63) is 0 Å². The molecule has 4 atom stereocenters. The van der Waals surface area contributed by atoms with Crippen LogP contribution < -0.4 is 5.73 Å². The first-order valence-corrected chi connectivity index (χ1v) is 5.79. The Hall–Kier alpha value is -0.530. The molecule has 2 nitrogen and oxygen atoms in total. The Kier molecular flexibility index (Phi) is 1.36. The topological polar surface area (TPSA) is 43.1 Å². The average Bonchev–Trinajstić information content (AvgIpc) is 2.60. The van der Waals surface area contributed by atoms with Crippen LogP contribution >= 0.6 is 0 Å². The largest absolute Gasteiger partial charge is 0.369 e. The van der Waals surface area contributed by atoms with E-state index >= 15 is 0 Å². The smallest absolute Gasteiger partial charge is 0.221 e. The first-order valence-electron chi connectivity index (χ1n) is 5.79. The summed E-state index contributed by atoms with van der Waals surface area (Å²) in [5.74, 6) is 1.82. The lowest BCUT2D eigenvalue weighted by atomic mass is 9.65. The standard InChI is InChI=1S/C12H19NO/c1-11(2)7-3-4-8(5-7)12(11)6-9(12)10(13)14/h7-9H,3-6H2,1-2H3,(H2,13,14). The summed E-state index contributed by atoms with van der Waals surface area (Å²) < 4.78 is 0. The highest BCUT2D eigenvalue weighted by molar-refractivity contribution is 5.81. The lowest BCUT2D eigenvalue weighted by molar-refractivity contribution is -0.121. The van der Waals surface area contributed by atoms with Crippen LogP contribution in [0.1, 0.15) is 39.5 Å². The summed E-state index contributed by atoms with van der Waals surface area (Å²) in [5, 5.41) is 0. The maximum absolute atomic E-state index is 11.3. The zero-order chi connectivity index (χ0) is 10.1. The highest BCUT2D eigenvalue weighted by Crippen LogP contribution is 2.79. The molecule has 0 aromatic rings. The van der Waals surface area contributed by atoms with Crippen molar-refractivity contribution in [3.63, 3.8) is 0 Å². The molecular weight excluding hydrogens is 174 g/mol. The molecule has 0 saturated heterocycles. The minimum Gasteiger partial charge on any atom is -0.369 e. The summed E-state index contributed by atoms with van der Waals surface area (Å²) in [6.45, 7) is 4.72. The maximum atomic E-state index is 11.3. The SMILES string of the molecule is CC1(C)C2CCC(C2)C12CC2C(N)=O. The summed E-state index contributed by atoms with van der Waals surface area (Å²) >= 11 is 0. The van der Waals surface area contributed by atoms with Gasteiger partial charge in [-0.1, -0.05) is 13.8 Å². The normalized spacial score (nSPS) is 52.6. The van der Waals surface area contributed by atoms with E-state index in [4.69, 9.17) is 5.73 Å². The Balaban J connectivity index is 1.98. The molecule has 3 saturated carbocycles. The molecule has 0 heterocycles. The van der Waals surface area contributed by atoms with E-state index in [1.165, 1.54) is 19.3 Å². The van der Waals surface area contributed by atoms with Gasteiger partial charge in [-0.3, -0.25) is 4.79 Å². The minimum absolute atomic E-state index is 0.0503. The van der Waals surface area contributed by atoms with Crippen molar-refractivity contribution in [2.24, 2.45) is 34.3 Å². The second kappa shape index (κ2) is 2.17. The van der Waals surface area contributed by atoms with E-state index < -0.39 is 0 Å². The Morgan fingerprint density at radius 3 is 2.36 bits per heavy atom. The summed E-state index contributed by atoms with van der Waals surface area (Å²) in [6.07, 6.45) is 5.16. The molecule has 3 fully saturated rings. The lowest BCUT2D eigenvalue weighted by Gasteiger charge is -2.39. The van der Waals surface area contributed by atoms with E-state index in [0.29, 0.717) is 10.8 Å². The maximum Gasteiger partial charge on any atom is 0.221 e. The quantitative estimate of drug-likeness (QED) is 0.679. The van der Waals surface area contributed by atoms with Crippen LogP contribution in [0.5, 0.6) is 0 Å². The molecule has 0 radical (unpaired) electrons. The van der Waals surface area contributed by atoms with Crippen molar-refractivity contribution in [1.82, 2.24) is 0 Å². The van der Waals surface area contributed by atoms with E-state index in [1.807, 2.05) is 0 Å². The number of hydrogen-bond donors (Lipinski definition) is 1. The Morgan fingerprint density at radius 2 is 1.93 bits per heavy atom. The molecule has 0 aromatic carbocycles. The van der Waals surface area contributed by atoms with Gasteiger partial charge in [0.15, 0.2) is 0 Å². The van der Waals surface area contributed by atoms with Gasteiger partial charge in [0.2, 0.25) is 5.91 Å². The van der Waals surface area contributed by atoms with Gasteiger partial charge in [-0.05, 0) is 48.3 Å². The molecule has 2 N–H and O–H groups in total. The van der Waals surface area contributed by atoms with E-state index in [2.05, 4.69) is 13.8 Å². The summed E-state index contributed by atoms with van der Waals surface area (Å²) in [4.78, 5) is 11.3. The minimum atomic E-state index is -0.0503. The van der Waals surface area contributed by atoms with Crippen LogP contribution in [0.3, 0.4) is 0 Å². The molecule has 2 bridgehead atoms. The molecule has 14 heavy (non-hydrogen) atoms. The molecule has 0 aromatic heterocycles. The number of rotatable bonds is 1. The fraction of sp³-hybridized carbons (Fsp3) is 0.917. The lowest BCUT2D eigenvalue weighted by Crippen LogP contribution is -2.36. The Morgan fingerprint density at radius 1 is 1.29 bits per heavy atom. The highest BCUT2D eigenvalue weighted by Gasteiger charge is 2.75. The van der Waals surface area contributed by atoms with E-state index in [0.717, 1.165) is 18.3 Å². The van der Waals surface area contributed by atoms with Crippen LogP contribution in [0, 0.1) is 28.6 Å². The van der Waals surface area contributed by atoms with Gasteiger partial charge >= 0.3 is 0 Å². The number of hydrogen-bond acceptors (Lipinski definition) is 1. The third kappa shape index (κ3) is 0.697. The van der Waals surface area contributed by atoms with Gasteiger partial charge in [0, 0.05) is 5.92 Å². The second-order valence-corrected chi connectivity index (χ2v) is 6.13. The van der Waals surface area contributed by atoms with Gasteiger partial charge in [-0.2, -0.15) is 0 Å². The van der Waals surface area contributed by atoms with Crippen LogP contribution in [0.25, 0.3) is 0 Å². The third-order valence-corrected chi connectivity index (χ3v) is 5.73. The Bertz CT molecular complexity index is 309. The summed E-state index contributed by atoms with van der Waals surface area (Å²) in [5.41, 5.74) is 6.16. The molecule has 0 aliphatic heterocycles. The second-order valence-electron chi connectivity index (χ2n) is 6.13. The fourth-order valence-corrected chi connectivity index (χ4v) is 4.81. The van der Waals surface area contributed by atoms with Gasteiger partial charge in [-0.15, -0.1) is 0 Å². The van der Waals surface area contributed by atoms with Crippen molar-refractivity contribution in [2.45, 2.75) is 39.5 Å². The molecule has 1 spiro atoms. The van der Waals surface area contributed by atoms with Gasteiger partial charge in [0.1, 0.15) is 0 Å². The van der Waals surface area contributed by atoms with Crippen molar-refractivity contribution in [1.29, 1.82) is 0 Å². The number of nitrogens with two attached hydrogens (primary N) is 1. The Labute approximate surface area is 85.2 Å². The van der Waals surface area contributed by atoms with E-state index in [1.54, 1.807) is 0 Å². The predicted molar refractivity (Wildman–Crippen MR) is 54.3 cm³/mol. The van der Waals surface area contributed by atoms with Gasteiger partial charge < -0.3 is 5.73 Å². The molecule has 2 heteroatoms. The zero-order valence-electron chi connectivity index (χ0n) is 9.05. The molecule has 3 rings (SSSR count). The van der Waals surface area contributed by atoms with E-state index in [9.17, 15) is 4.79 Å². The molecule has 1 amide bonds. The number of primary amides is 1. The third-order valence-electron chi connectivity index (χ3n) is 5.73. The first-order chi connectivity index (χ1) is 6.50. The van der Waals surface area contributed by atoms with Crippen molar-refractivity contribution < 1.29 is 4.79 Å². The first kappa shape index (κ1) is 8.75. The monoisotopic (exact) mass is 193 g/mol. The fourth-order valence-electron chi connectivity index (χ4n) is 4.81. The average molecular weight is 193 g/mol. The van der Waals surface area contributed by atoms with Crippen LogP contribution in [0.4, 0.5) is 0 Å². The molecule has 3 aliphatic rings. The van der Waals surface area contributed by atoms with Crippen molar-refractivity contribution >= 4 is 5.91 Å². The molecule has 3 aliphatic carbocycles. The van der Waals surface area contributed by atoms with Crippen LogP contribution in [-0.4, -0.2) is 5.91 Å². The van der Waals surface area contributed by atoms with Gasteiger partial charge in [0.25, 0.3) is 0 Å². The van der Waals surface area contributed by atoms with Crippen molar-refractivity contribution in [3.8, 4) is 0 Å². The number of fused-ring (bicyclic) bond motifs is 3. The predicted octanol–water partition coefficient (Wildman–Crippen LogP) is 1.93. The molecular formula is C12H19NO. The number of amides is 1. The number of carbonyl (C=O) groups is 1. The highest BCUT2D eigenvalue weighted by atomic mass is 16.1. The van der Waals surface area contributed by atoms with Gasteiger partial charge in [0.05, 0.1) is 0 Å². The molecule has 4 unspecified atom stereocenters. The van der Waals surface area contributed by atoms with Crippen LogP contribution in [-0.2, 0) is 4.79 Å². The zero-order valence-corrected chi connectivity index (χ0v) is 9.05. The van der Waals surface area contributed by atoms with Crippen LogP contribution in [0.15, 0.2) is 0 Å². The van der Waals surface area contributed by atoms with E-state index in [-0.39, 0.29) is 11.8 Å². The number of carbonyl (C=O) groups excluding carboxylic acids is 1.